The number of ether oxygens (including phenoxy) is 3. The number of para-hydroxylation sites is 3. The number of hydrogen-bond donors (Lipinski definition) is 3. The van der Waals surface area contributed by atoms with Crippen LogP contribution in [-0.2, 0) is 65.2 Å². The van der Waals surface area contributed by atoms with Gasteiger partial charge in [-0.1, -0.05) is 87.1 Å². The number of carboxylic acid groups (broad SMARTS) is 1. The highest BCUT2D eigenvalue weighted by atomic mass is 35.5. The Morgan fingerprint density at radius 1 is 1.11 bits per heavy atom. The Morgan fingerprint density at radius 3 is 2.30 bits per heavy atom. The molecule has 3 aliphatic rings. The van der Waals surface area contributed by atoms with Crippen molar-refractivity contribution in [1.29, 1.82) is 0 Å². The maximum absolute atomic E-state index is 14.5. The van der Waals surface area contributed by atoms with E-state index in [4.69, 9.17) is 65.4 Å². The molecule has 18 nitrogen and oxygen atoms in total. The molecule has 3 aliphatic heterocycles. The predicted octanol–water partition coefficient (Wildman–Crippen LogP) is 6.51. The molecule has 0 fully saturated rings. The third-order valence-electron chi connectivity index (χ3n) is 10.4. The third kappa shape index (κ3) is 19.1. The summed E-state index contributed by atoms with van der Waals surface area (Å²) < 4.78 is 46.9. The van der Waals surface area contributed by atoms with Crippen LogP contribution in [0.4, 0.5) is 27.1 Å². The Bertz CT molecular complexity index is 2690. The molecule has 0 saturated heterocycles. The molecule has 406 valence electrons. The van der Waals surface area contributed by atoms with Gasteiger partial charge in [0.15, 0.2) is 17.3 Å². The van der Waals surface area contributed by atoms with Crippen molar-refractivity contribution in [2.24, 2.45) is 10.4 Å². The van der Waals surface area contributed by atoms with E-state index in [0.29, 0.717) is 39.5 Å². The minimum Gasteiger partial charge on any atom is -0.778 e. The number of nitrogens with one attached hydrogen (secondary N) is 1. The molecule has 3 aromatic carbocycles. The van der Waals surface area contributed by atoms with Crippen LogP contribution in [0.25, 0.3) is 0 Å². The molecule has 0 spiro atoms. The van der Waals surface area contributed by atoms with Gasteiger partial charge in [0.25, 0.3) is 11.8 Å². The minimum absolute atomic E-state index is 0.0371. The third-order valence-corrected chi connectivity index (χ3v) is 12.4. The summed E-state index contributed by atoms with van der Waals surface area (Å²) in [5, 5.41) is 9.97. The molecule has 0 saturated carbocycles. The summed E-state index contributed by atoms with van der Waals surface area (Å²) in [6.07, 6.45) is 13.8. The number of aryl methyl sites for hydroxylation is 2. The summed E-state index contributed by atoms with van der Waals surface area (Å²) in [5.41, 5.74) is 4.64. The SMILES string of the molecule is C#CCN1C(=O)COc2cc(F)c(N=c3snc4n3CC(C)(C)C4)cc21.CC1COc2ccccc2N1C(=O)C(Cl)Cl.CCc1cccc(CC)c1N(COC)C(=O)CCl.C[S+](C)C.O=C(O)CNCP(=O)([O-])O. The molecule has 1 aromatic heterocycles. The van der Waals surface area contributed by atoms with E-state index in [-0.39, 0.29) is 60.6 Å². The standard InChI is InChI=1S/C18H17FN4O2S.C14H20ClNO2.C11H11Cl2NO2.C3H8NO5P.C3H9S/c1-4-5-22-13-7-12(11(19)6-14(13)25-9-16(22)24)20-17-23-10-18(2,3)8-15(23)21-26-17;1-4-11-7-6-8-12(5-2)14(11)16(10-18-3)13(17)9-15;1-7-6-16-9-5-3-2-4-8(9)14(7)11(15)10(12)13;5-3(6)1-4-2-10(7,8)9;1-4(2)3/h1,6-7H,5,8-10H2,2-3H3;6-8H,4-5,9-10H2,1-3H3;2-5,7,10H,6H2,1H3;4H,1-2H2,(H,5,6)(H2,7,8,9);1-3H3/q;;;;+1/p-1. The van der Waals surface area contributed by atoms with Crippen LogP contribution in [0.3, 0.4) is 0 Å². The summed E-state index contributed by atoms with van der Waals surface area (Å²) in [4.78, 5) is 72.3. The first-order chi connectivity index (χ1) is 34.8. The van der Waals surface area contributed by atoms with E-state index < -0.39 is 37.0 Å². The lowest BCUT2D eigenvalue weighted by Crippen LogP contribution is -2.47. The smallest absolute Gasteiger partial charge is 0.317 e. The largest absolute Gasteiger partial charge is 0.778 e. The average molecular weight is 1150 g/mol. The van der Waals surface area contributed by atoms with E-state index in [0.717, 1.165) is 54.1 Å². The molecule has 4 heterocycles. The molecule has 3 amide bonds. The van der Waals surface area contributed by atoms with Crippen LogP contribution in [0, 0.1) is 23.6 Å². The normalized spacial score (nSPS) is 15.8. The molecule has 3 N–H and O–H groups in total. The van der Waals surface area contributed by atoms with Crippen molar-refractivity contribution in [2.45, 2.75) is 71.3 Å². The van der Waals surface area contributed by atoms with Crippen LogP contribution >= 0.6 is 53.9 Å². The Morgan fingerprint density at radius 2 is 1.74 bits per heavy atom. The molecule has 0 bridgehead atoms. The zero-order chi connectivity index (χ0) is 55.5. The number of alkyl halides is 3. The zero-order valence-electron chi connectivity index (χ0n) is 42.7. The fraction of sp³-hybridized carbons (Fsp3) is 0.469. The Kier molecular flexibility index (Phi) is 25.9. The molecule has 0 radical (unpaired) electrons. The van der Waals surface area contributed by atoms with E-state index >= 15 is 0 Å². The number of rotatable bonds is 13. The Hall–Kier alpha value is -4.72. The number of nitrogens with zero attached hydrogens (tertiary/aromatic N) is 6. The van der Waals surface area contributed by atoms with Gasteiger partial charge in [0.05, 0.1) is 61.2 Å². The molecule has 2 atom stereocenters. The van der Waals surface area contributed by atoms with E-state index in [2.05, 4.69) is 61.7 Å². The molecule has 0 aliphatic carbocycles. The summed E-state index contributed by atoms with van der Waals surface area (Å²) in [7, 11) is -2.13. The fourth-order valence-electron chi connectivity index (χ4n) is 7.32. The van der Waals surface area contributed by atoms with Crippen molar-refractivity contribution in [3.05, 3.63) is 82.2 Å². The number of carbonyl (C=O) groups excluding carboxylic acids is 3. The van der Waals surface area contributed by atoms with E-state index in [1.54, 1.807) is 16.9 Å². The van der Waals surface area contributed by atoms with Gasteiger partial charge in [-0.15, -0.1) is 18.0 Å². The fourth-order valence-corrected chi connectivity index (χ4v) is 8.82. The van der Waals surface area contributed by atoms with Crippen LogP contribution in [0.2, 0.25) is 0 Å². The number of hydrogen-bond acceptors (Lipinski definition) is 13. The number of methoxy groups -OCH3 is 1. The van der Waals surface area contributed by atoms with E-state index in [9.17, 15) is 33.0 Å². The zero-order valence-corrected chi connectivity index (χ0v) is 47.5. The van der Waals surface area contributed by atoms with Crippen LogP contribution in [0.5, 0.6) is 11.5 Å². The number of aliphatic carboxylic acids is 1. The molecule has 2 unspecified atom stereocenters. The maximum atomic E-state index is 14.5. The first-order valence-corrected chi connectivity index (χ1v) is 29.3. The van der Waals surface area contributed by atoms with Crippen molar-refractivity contribution < 1.29 is 57.2 Å². The van der Waals surface area contributed by atoms with Crippen LogP contribution in [-0.4, -0.2) is 125 Å². The van der Waals surface area contributed by atoms with Crippen LogP contribution in [0.15, 0.2) is 59.6 Å². The van der Waals surface area contributed by atoms with Gasteiger partial charge in [0, 0.05) is 37.7 Å². The van der Waals surface area contributed by atoms with Gasteiger partial charge in [-0.05, 0) is 65.4 Å². The molecule has 74 heavy (non-hydrogen) atoms. The van der Waals surface area contributed by atoms with E-state index in [1.807, 2.05) is 59.3 Å². The quantitative estimate of drug-likeness (QED) is 0.0427. The maximum Gasteiger partial charge on any atom is 0.317 e. The first kappa shape index (κ1) is 63.6. The van der Waals surface area contributed by atoms with Crippen molar-refractivity contribution in [3.63, 3.8) is 0 Å². The number of aromatic nitrogens is 2. The van der Waals surface area contributed by atoms with E-state index in [1.165, 1.54) is 28.6 Å². The number of carbonyl (C=O) groups is 4. The summed E-state index contributed by atoms with van der Waals surface area (Å²) >= 11 is 18.2. The number of benzene rings is 3. The highest BCUT2D eigenvalue weighted by Crippen LogP contribution is 2.38. The number of carboxylic acids is 1. The molecular formula is C49H64Cl3FN7O11PS2. The van der Waals surface area contributed by atoms with Crippen LogP contribution in [0.1, 0.15) is 51.6 Å². The van der Waals surface area contributed by atoms with Gasteiger partial charge in [0.1, 0.15) is 49.8 Å². The highest BCUT2D eigenvalue weighted by Gasteiger charge is 2.33. The first-order valence-electron chi connectivity index (χ1n) is 22.9. The Labute approximate surface area is 453 Å². The second kappa shape index (κ2) is 30.1. The summed E-state index contributed by atoms with van der Waals surface area (Å²) in [6.45, 7) is 11.3. The van der Waals surface area contributed by atoms with Crippen molar-refractivity contribution in [3.8, 4) is 23.8 Å². The lowest BCUT2D eigenvalue weighted by molar-refractivity contribution is -0.193. The number of fused-ring (bicyclic) bond motifs is 3. The topological polar surface area (TPSA) is 228 Å². The van der Waals surface area contributed by atoms with Gasteiger partial charge >= 0.3 is 5.97 Å². The Balaban J connectivity index is 0.000000266. The van der Waals surface area contributed by atoms with Gasteiger partial charge in [0.2, 0.25) is 10.7 Å². The molecule has 7 rings (SSSR count). The van der Waals surface area contributed by atoms with Crippen molar-refractivity contribution >= 4 is 111 Å². The van der Waals surface area contributed by atoms with Gasteiger partial charge < -0.3 is 43.1 Å². The van der Waals surface area contributed by atoms with Gasteiger partial charge in [-0.2, -0.15) is 4.37 Å². The van der Waals surface area contributed by atoms with Gasteiger partial charge in [-0.3, -0.25) is 34.3 Å². The lowest BCUT2D eigenvalue weighted by Gasteiger charge is -2.35. The second-order valence-electron chi connectivity index (χ2n) is 17.6. The summed E-state index contributed by atoms with van der Waals surface area (Å²) in [5.74, 6) is 1.95. The molecule has 25 heteroatoms. The summed E-state index contributed by atoms with van der Waals surface area (Å²) in [6, 6.07) is 16.1. The average Bonchev–Trinajstić information content (AvgIpc) is 3.85. The predicted molar refractivity (Wildman–Crippen MR) is 291 cm³/mol. The monoisotopic (exact) mass is 1150 g/mol. The van der Waals surface area contributed by atoms with Crippen molar-refractivity contribution in [1.82, 2.24) is 14.3 Å². The second-order valence-corrected chi connectivity index (χ2v) is 23.8. The number of terminal acetylenes is 1. The highest BCUT2D eigenvalue weighted by molar-refractivity contribution is 7.94. The molecule has 4 aromatic rings. The molecular weight excluding hydrogens is 1080 g/mol. The minimum atomic E-state index is -4.35. The number of anilines is 3. The van der Waals surface area contributed by atoms with Crippen LogP contribution < -0.4 is 39.2 Å². The lowest BCUT2D eigenvalue weighted by atomic mass is 9.92. The van der Waals surface area contributed by atoms with Gasteiger partial charge in [-0.25, -0.2) is 9.38 Å². The number of halogens is 4. The number of amides is 3. The van der Waals surface area contributed by atoms with Crippen molar-refractivity contribution in [2.75, 3.05) is 85.8 Å².